The van der Waals surface area contributed by atoms with Crippen molar-refractivity contribution in [2.24, 2.45) is 0 Å². The van der Waals surface area contributed by atoms with Gasteiger partial charge in [0, 0.05) is 22.2 Å². The van der Waals surface area contributed by atoms with Gasteiger partial charge in [-0.3, -0.25) is 4.79 Å². The normalized spacial score (nSPS) is 10.6. The van der Waals surface area contributed by atoms with Crippen LogP contribution < -0.4 is 4.74 Å². The van der Waals surface area contributed by atoms with Crippen molar-refractivity contribution in [1.82, 2.24) is 4.98 Å². The standard InChI is InChI=1S/C13H15NO2/c1-3-6-16-10-4-5-13-11(7-10)12(8-15)9(2)14-13/h4-5,7-8,14H,3,6H2,1-2H3. The number of ether oxygens (including phenoxy) is 1. The Balaban J connectivity index is 2.46. The number of aromatic amines is 1. The number of nitrogens with one attached hydrogen (secondary N) is 1. The minimum atomic E-state index is 0.700. The van der Waals surface area contributed by atoms with Crippen molar-refractivity contribution in [3.8, 4) is 5.75 Å². The third-order valence-electron chi connectivity index (χ3n) is 2.60. The summed E-state index contributed by atoms with van der Waals surface area (Å²) in [5.74, 6) is 0.816. The van der Waals surface area contributed by atoms with Crippen molar-refractivity contribution in [3.05, 3.63) is 29.5 Å². The molecule has 3 heteroatoms. The monoisotopic (exact) mass is 217 g/mol. The number of H-pyrrole nitrogens is 1. The second-order valence-electron chi connectivity index (χ2n) is 3.84. The molecule has 0 aliphatic carbocycles. The Bertz CT molecular complexity index is 514. The molecule has 3 nitrogen and oxygen atoms in total. The van der Waals surface area contributed by atoms with E-state index < -0.39 is 0 Å². The summed E-state index contributed by atoms with van der Waals surface area (Å²) in [7, 11) is 0. The van der Waals surface area contributed by atoms with E-state index in [2.05, 4.69) is 11.9 Å². The highest BCUT2D eigenvalue weighted by Gasteiger charge is 2.08. The predicted molar refractivity (Wildman–Crippen MR) is 64.2 cm³/mol. The van der Waals surface area contributed by atoms with Gasteiger partial charge in [-0.2, -0.15) is 0 Å². The Morgan fingerprint density at radius 2 is 2.25 bits per heavy atom. The van der Waals surface area contributed by atoms with E-state index in [0.29, 0.717) is 6.61 Å². The number of hydrogen-bond donors (Lipinski definition) is 1. The van der Waals surface area contributed by atoms with E-state index in [1.54, 1.807) is 0 Å². The molecule has 0 radical (unpaired) electrons. The van der Waals surface area contributed by atoms with Crippen LogP contribution in [-0.4, -0.2) is 17.9 Å². The van der Waals surface area contributed by atoms with E-state index in [4.69, 9.17) is 4.74 Å². The second kappa shape index (κ2) is 4.39. The lowest BCUT2D eigenvalue weighted by atomic mass is 10.1. The molecule has 0 aliphatic heterocycles. The number of benzene rings is 1. The van der Waals surface area contributed by atoms with Crippen LogP contribution in [0.15, 0.2) is 18.2 Å². The van der Waals surface area contributed by atoms with Crippen LogP contribution in [0.4, 0.5) is 0 Å². The molecular weight excluding hydrogens is 202 g/mol. The molecule has 2 aromatic rings. The quantitative estimate of drug-likeness (QED) is 0.800. The Hall–Kier alpha value is -1.77. The number of aryl methyl sites for hydroxylation is 1. The highest BCUT2D eigenvalue weighted by molar-refractivity contribution is 5.99. The molecule has 1 aromatic carbocycles. The molecule has 1 N–H and O–H groups in total. The molecule has 1 aromatic heterocycles. The Morgan fingerprint density at radius 1 is 1.44 bits per heavy atom. The first-order chi connectivity index (χ1) is 7.76. The minimum Gasteiger partial charge on any atom is -0.494 e. The van der Waals surface area contributed by atoms with E-state index in [1.165, 1.54) is 0 Å². The zero-order valence-electron chi connectivity index (χ0n) is 9.54. The third-order valence-corrected chi connectivity index (χ3v) is 2.60. The van der Waals surface area contributed by atoms with Crippen molar-refractivity contribution in [1.29, 1.82) is 0 Å². The first-order valence-electron chi connectivity index (χ1n) is 5.46. The molecule has 0 atom stereocenters. The zero-order chi connectivity index (χ0) is 11.5. The molecule has 84 valence electrons. The maximum atomic E-state index is 11.0. The topological polar surface area (TPSA) is 42.1 Å². The maximum absolute atomic E-state index is 11.0. The van der Waals surface area contributed by atoms with Crippen molar-refractivity contribution in [3.63, 3.8) is 0 Å². The fourth-order valence-electron chi connectivity index (χ4n) is 1.79. The van der Waals surface area contributed by atoms with Gasteiger partial charge in [0.2, 0.25) is 0 Å². The van der Waals surface area contributed by atoms with Crippen LogP contribution in [-0.2, 0) is 0 Å². The average molecular weight is 217 g/mol. The van der Waals surface area contributed by atoms with E-state index in [0.717, 1.165) is 40.6 Å². The summed E-state index contributed by atoms with van der Waals surface area (Å²) in [4.78, 5) is 14.1. The summed E-state index contributed by atoms with van der Waals surface area (Å²) in [6, 6.07) is 5.78. The predicted octanol–water partition coefficient (Wildman–Crippen LogP) is 3.08. The summed E-state index contributed by atoms with van der Waals surface area (Å²) in [5.41, 5.74) is 2.60. The number of fused-ring (bicyclic) bond motifs is 1. The first-order valence-corrected chi connectivity index (χ1v) is 5.46. The van der Waals surface area contributed by atoms with Gasteiger partial charge >= 0.3 is 0 Å². The summed E-state index contributed by atoms with van der Waals surface area (Å²) in [6.07, 6.45) is 1.86. The van der Waals surface area contributed by atoms with Crippen LogP contribution >= 0.6 is 0 Å². The van der Waals surface area contributed by atoms with Crippen LogP contribution in [0.2, 0.25) is 0 Å². The third kappa shape index (κ3) is 1.81. The number of aromatic nitrogens is 1. The van der Waals surface area contributed by atoms with E-state index in [9.17, 15) is 4.79 Å². The lowest BCUT2D eigenvalue weighted by molar-refractivity contribution is 0.112. The number of carbonyl (C=O) groups is 1. The second-order valence-corrected chi connectivity index (χ2v) is 3.84. The summed E-state index contributed by atoms with van der Waals surface area (Å²) >= 11 is 0. The summed E-state index contributed by atoms with van der Waals surface area (Å²) < 4.78 is 5.54. The molecule has 0 bridgehead atoms. The Labute approximate surface area is 94.4 Å². The smallest absolute Gasteiger partial charge is 0.152 e. The molecule has 0 saturated carbocycles. The van der Waals surface area contributed by atoms with Crippen LogP contribution in [0.1, 0.15) is 29.4 Å². The van der Waals surface area contributed by atoms with Gasteiger partial charge in [0.05, 0.1) is 6.61 Å². The van der Waals surface area contributed by atoms with Gasteiger partial charge in [-0.15, -0.1) is 0 Å². The van der Waals surface area contributed by atoms with Crippen LogP contribution in [0.25, 0.3) is 10.9 Å². The van der Waals surface area contributed by atoms with Gasteiger partial charge in [0.15, 0.2) is 6.29 Å². The number of carbonyl (C=O) groups excluding carboxylic acids is 1. The lowest BCUT2D eigenvalue weighted by Crippen LogP contribution is -1.94. The maximum Gasteiger partial charge on any atom is 0.152 e. The van der Waals surface area contributed by atoms with Crippen LogP contribution in [0.3, 0.4) is 0 Å². The minimum absolute atomic E-state index is 0.700. The van der Waals surface area contributed by atoms with Gasteiger partial charge in [0.1, 0.15) is 5.75 Å². The fraction of sp³-hybridized carbons (Fsp3) is 0.308. The molecule has 2 rings (SSSR count). The largest absolute Gasteiger partial charge is 0.494 e. The van der Waals surface area contributed by atoms with Crippen LogP contribution in [0.5, 0.6) is 5.75 Å². The highest BCUT2D eigenvalue weighted by atomic mass is 16.5. The molecule has 0 spiro atoms. The Morgan fingerprint density at radius 3 is 2.94 bits per heavy atom. The highest BCUT2D eigenvalue weighted by Crippen LogP contribution is 2.25. The van der Waals surface area contributed by atoms with Gasteiger partial charge in [-0.25, -0.2) is 0 Å². The fourth-order valence-corrected chi connectivity index (χ4v) is 1.79. The average Bonchev–Trinajstić information content (AvgIpc) is 2.61. The summed E-state index contributed by atoms with van der Waals surface area (Å²) in [6.45, 7) is 4.66. The molecule has 16 heavy (non-hydrogen) atoms. The van der Waals surface area contributed by atoms with Crippen molar-refractivity contribution >= 4 is 17.2 Å². The molecule has 0 unspecified atom stereocenters. The van der Waals surface area contributed by atoms with Gasteiger partial charge in [-0.1, -0.05) is 6.92 Å². The van der Waals surface area contributed by atoms with Gasteiger partial charge in [-0.05, 0) is 31.5 Å². The van der Waals surface area contributed by atoms with Crippen LogP contribution in [0, 0.1) is 6.92 Å². The number of aldehydes is 1. The molecular formula is C13H15NO2. The SMILES string of the molecule is CCCOc1ccc2[nH]c(C)c(C=O)c2c1. The van der Waals surface area contributed by atoms with Crippen molar-refractivity contribution in [2.75, 3.05) is 6.61 Å². The lowest BCUT2D eigenvalue weighted by Gasteiger charge is -2.03. The molecule has 0 saturated heterocycles. The molecule has 0 fully saturated rings. The van der Waals surface area contributed by atoms with Gasteiger partial charge < -0.3 is 9.72 Å². The van der Waals surface area contributed by atoms with E-state index in [1.807, 2.05) is 25.1 Å². The van der Waals surface area contributed by atoms with E-state index >= 15 is 0 Å². The van der Waals surface area contributed by atoms with Crippen molar-refractivity contribution < 1.29 is 9.53 Å². The first kappa shape index (κ1) is 10.7. The van der Waals surface area contributed by atoms with Crippen molar-refractivity contribution in [2.45, 2.75) is 20.3 Å². The summed E-state index contributed by atoms with van der Waals surface area (Å²) in [5, 5.41) is 0.932. The zero-order valence-corrected chi connectivity index (χ0v) is 9.54. The van der Waals surface area contributed by atoms with Gasteiger partial charge in [0.25, 0.3) is 0 Å². The number of rotatable bonds is 4. The molecule has 1 heterocycles. The molecule has 0 amide bonds. The molecule has 0 aliphatic rings. The number of hydrogen-bond acceptors (Lipinski definition) is 2. The Kier molecular flexibility index (Phi) is 2.95. The van der Waals surface area contributed by atoms with E-state index in [-0.39, 0.29) is 0 Å².